The quantitative estimate of drug-likeness (QED) is 0.0345. The second-order valence-corrected chi connectivity index (χ2v) is 19.5. The molecule has 0 saturated carbocycles. The van der Waals surface area contributed by atoms with Crippen LogP contribution in [0.4, 0.5) is 0 Å². The van der Waals surface area contributed by atoms with E-state index in [0.29, 0.717) is 19.3 Å². The van der Waals surface area contributed by atoms with Crippen molar-refractivity contribution in [1.82, 2.24) is 0 Å². The predicted octanol–water partition coefficient (Wildman–Crippen LogP) is 17.2. The molecule has 6 nitrogen and oxygen atoms in total. The van der Waals surface area contributed by atoms with Crippen LogP contribution in [-0.2, 0) is 28.6 Å². The van der Waals surface area contributed by atoms with Gasteiger partial charge in [-0.1, -0.05) is 253 Å². The van der Waals surface area contributed by atoms with Crippen LogP contribution in [0.3, 0.4) is 0 Å². The second-order valence-electron chi connectivity index (χ2n) is 19.5. The van der Waals surface area contributed by atoms with Crippen LogP contribution in [0.25, 0.3) is 0 Å². The van der Waals surface area contributed by atoms with Gasteiger partial charge in [0, 0.05) is 19.3 Å². The van der Waals surface area contributed by atoms with Crippen molar-refractivity contribution < 1.29 is 28.6 Å². The summed E-state index contributed by atoms with van der Waals surface area (Å²) in [6.07, 6.45) is 45.4. The van der Waals surface area contributed by atoms with Crippen molar-refractivity contribution in [2.45, 2.75) is 298 Å². The zero-order valence-electron chi connectivity index (χ0n) is 41.3. The standard InChI is InChI=1S/C54H104O6/c1-7-49(5)41-35-29-23-19-17-15-13-11-9-10-12-14-16-18-20-24-31-37-43-52(55)58-46-51(60-54(57)45-39-33-25-21-22-28-34-40-48(3)4)47-59-53(56)44-38-32-27-26-30-36-42-50(6)8-2/h48-51H,7-47H2,1-6H3/t49?,50?,51-/m0/s1. The van der Waals surface area contributed by atoms with E-state index in [0.717, 1.165) is 75.5 Å². The number of unbranched alkanes of at least 4 members (excludes halogenated alkanes) is 28. The number of hydrogen-bond acceptors (Lipinski definition) is 6. The van der Waals surface area contributed by atoms with Gasteiger partial charge >= 0.3 is 17.9 Å². The summed E-state index contributed by atoms with van der Waals surface area (Å²) >= 11 is 0. The number of rotatable bonds is 47. The van der Waals surface area contributed by atoms with Crippen molar-refractivity contribution in [2.75, 3.05) is 13.2 Å². The van der Waals surface area contributed by atoms with E-state index in [-0.39, 0.29) is 31.1 Å². The van der Waals surface area contributed by atoms with E-state index in [1.54, 1.807) is 0 Å². The SMILES string of the molecule is CCC(C)CCCCCCCCCCCCCCCCCCCCC(=O)OC[C@@H](COC(=O)CCCCCCCCC(C)CC)OC(=O)CCCCCCCCCC(C)C. The Bertz CT molecular complexity index is 933. The molecule has 0 aliphatic heterocycles. The van der Waals surface area contributed by atoms with Gasteiger partial charge in [0.25, 0.3) is 0 Å². The number of carbonyl (C=O) groups excluding carboxylic acids is 3. The molecule has 0 spiro atoms. The smallest absolute Gasteiger partial charge is 0.306 e. The van der Waals surface area contributed by atoms with Gasteiger partial charge in [-0.25, -0.2) is 0 Å². The number of hydrogen-bond donors (Lipinski definition) is 0. The maximum Gasteiger partial charge on any atom is 0.306 e. The Morgan fingerprint density at radius 3 is 0.867 bits per heavy atom. The van der Waals surface area contributed by atoms with Crippen molar-refractivity contribution in [3.05, 3.63) is 0 Å². The maximum absolute atomic E-state index is 12.7. The number of esters is 3. The highest BCUT2D eigenvalue weighted by Crippen LogP contribution is 2.18. The molecular formula is C54H104O6. The first kappa shape index (κ1) is 58.4. The molecule has 356 valence electrons. The summed E-state index contributed by atoms with van der Waals surface area (Å²) in [5, 5.41) is 0. The molecule has 6 heteroatoms. The Morgan fingerprint density at radius 1 is 0.333 bits per heavy atom. The normalized spacial score (nSPS) is 13.1. The molecule has 0 aromatic rings. The fourth-order valence-electron chi connectivity index (χ4n) is 8.05. The Labute approximate surface area is 374 Å². The Morgan fingerprint density at radius 2 is 0.583 bits per heavy atom. The van der Waals surface area contributed by atoms with Gasteiger partial charge in [-0.05, 0) is 37.0 Å². The molecule has 0 aliphatic carbocycles. The summed E-state index contributed by atoms with van der Waals surface area (Å²) in [4.78, 5) is 37.9. The van der Waals surface area contributed by atoms with Crippen LogP contribution in [0.2, 0.25) is 0 Å². The lowest BCUT2D eigenvalue weighted by molar-refractivity contribution is -0.167. The summed E-state index contributed by atoms with van der Waals surface area (Å²) in [6, 6.07) is 0. The van der Waals surface area contributed by atoms with Crippen molar-refractivity contribution >= 4 is 17.9 Å². The van der Waals surface area contributed by atoms with Crippen LogP contribution in [0.15, 0.2) is 0 Å². The van der Waals surface area contributed by atoms with Crippen molar-refractivity contribution in [1.29, 1.82) is 0 Å². The number of ether oxygens (including phenoxy) is 3. The van der Waals surface area contributed by atoms with E-state index in [1.165, 1.54) is 173 Å². The average Bonchev–Trinajstić information content (AvgIpc) is 3.23. The number of carbonyl (C=O) groups is 3. The third-order valence-electron chi connectivity index (χ3n) is 12.9. The third-order valence-corrected chi connectivity index (χ3v) is 12.9. The lowest BCUT2D eigenvalue weighted by Gasteiger charge is -2.18. The van der Waals surface area contributed by atoms with E-state index in [1.807, 2.05) is 0 Å². The summed E-state index contributed by atoms with van der Waals surface area (Å²) in [6.45, 7) is 13.7. The summed E-state index contributed by atoms with van der Waals surface area (Å²) in [5.74, 6) is 1.64. The van der Waals surface area contributed by atoms with Gasteiger partial charge < -0.3 is 14.2 Å². The zero-order valence-corrected chi connectivity index (χ0v) is 41.3. The van der Waals surface area contributed by atoms with E-state index in [4.69, 9.17) is 14.2 Å². The molecule has 60 heavy (non-hydrogen) atoms. The van der Waals surface area contributed by atoms with Crippen LogP contribution in [0.5, 0.6) is 0 Å². The second kappa shape index (κ2) is 45.4. The van der Waals surface area contributed by atoms with Gasteiger partial charge in [-0.15, -0.1) is 0 Å². The Balaban J connectivity index is 4.16. The van der Waals surface area contributed by atoms with Crippen LogP contribution in [0.1, 0.15) is 292 Å². The molecule has 2 unspecified atom stereocenters. The fourth-order valence-corrected chi connectivity index (χ4v) is 8.05. The molecule has 3 atom stereocenters. The van der Waals surface area contributed by atoms with Gasteiger partial charge in [-0.2, -0.15) is 0 Å². The lowest BCUT2D eigenvalue weighted by atomic mass is 9.99. The topological polar surface area (TPSA) is 78.9 Å². The van der Waals surface area contributed by atoms with Crippen LogP contribution in [0, 0.1) is 17.8 Å². The largest absolute Gasteiger partial charge is 0.462 e. The summed E-state index contributed by atoms with van der Waals surface area (Å²) in [5.41, 5.74) is 0. The third kappa shape index (κ3) is 44.5. The molecule has 0 aromatic carbocycles. The minimum Gasteiger partial charge on any atom is -0.462 e. The first-order valence-electron chi connectivity index (χ1n) is 26.7. The highest BCUT2D eigenvalue weighted by Gasteiger charge is 2.19. The molecule has 0 amide bonds. The van der Waals surface area contributed by atoms with Crippen molar-refractivity contribution in [3.63, 3.8) is 0 Å². The lowest BCUT2D eigenvalue weighted by Crippen LogP contribution is -2.30. The van der Waals surface area contributed by atoms with Gasteiger partial charge in [0.1, 0.15) is 13.2 Å². The Hall–Kier alpha value is -1.59. The molecule has 0 N–H and O–H groups in total. The monoisotopic (exact) mass is 849 g/mol. The highest BCUT2D eigenvalue weighted by molar-refractivity contribution is 5.71. The maximum atomic E-state index is 12.7. The molecule has 0 aliphatic rings. The van der Waals surface area contributed by atoms with E-state index in [2.05, 4.69) is 41.5 Å². The van der Waals surface area contributed by atoms with Gasteiger partial charge in [0.15, 0.2) is 6.10 Å². The molecule has 0 rings (SSSR count). The van der Waals surface area contributed by atoms with E-state index < -0.39 is 6.10 Å². The summed E-state index contributed by atoms with van der Waals surface area (Å²) in [7, 11) is 0. The van der Waals surface area contributed by atoms with E-state index >= 15 is 0 Å². The van der Waals surface area contributed by atoms with Crippen LogP contribution < -0.4 is 0 Å². The van der Waals surface area contributed by atoms with Crippen LogP contribution >= 0.6 is 0 Å². The molecule has 0 saturated heterocycles. The zero-order chi connectivity index (χ0) is 44.2. The Kier molecular flexibility index (Phi) is 44.2. The molecule has 0 heterocycles. The van der Waals surface area contributed by atoms with Gasteiger partial charge in [-0.3, -0.25) is 14.4 Å². The van der Waals surface area contributed by atoms with Crippen molar-refractivity contribution in [3.8, 4) is 0 Å². The minimum absolute atomic E-state index is 0.0659. The fraction of sp³-hybridized carbons (Fsp3) is 0.944. The van der Waals surface area contributed by atoms with Gasteiger partial charge in [0.2, 0.25) is 0 Å². The van der Waals surface area contributed by atoms with Crippen LogP contribution in [-0.4, -0.2) is 37.2 Å². The first-order valence-corrected chi connectivity index (χ1v) is 26.7. The highest BCUT2D eigenvalue weighted by atomic mass is 16.6. The molecule has 0 radical (unpaired) electrons. The molecule has 0 fully saturated rings. The molecule has 0 bridgehead atoms. The molecule has 0 aromatic heterocycles. The molecular weight excluding hydrogens is 745 g/mol. The average molecular weight is 849 g/mol. The van der Waals surface area contributed by atoms with E-state index in [9.17, 15) is 14.4 Å². The van der Waals surface area contributed by atoms with Crippen molar-refractivity contribution in [2.24, 2.45) is 17.8 Å². The first-order chi connectivity index (χ1) is 29.2. The minimum atomic E-state index is -0.763. The summed E-state index contributed by atoms with van der Waals surface area (Å²) < 4.78 is 16.8. The predicted molar refractivity (Wildman–Crippen MR) is 256 cm³/mol. The van der Waals surface area contributed by atoms with Gasteiger partial charge in [0.05, 0.1) is 0 Å².